The summed E-state index contributed by atoms with van der Waals surface area (Å²) >= 11 is 9.13. The van der Waals surface area contributed by atoms with Gasteiger partial charge in [0.25, 0.3) is 10.2 Å². The number of benzene rings is 1. The largest absolute Gasteiger partial charge is 0.371 e. The maximum atomic E-state index is 13.4. The van der Waals surface area contributed by atoms with E-state index in [9.17, 15) is 22.4 Å². The molecule has 0 bridgehead atoms. The molecule has 0 radical (unpaired) electrons. The Balaban J connectivity index is 1.37. The van der Waals surface area contributed by atoms with E-state index in [0.717, 1.165) is 20.7 Å². The fraction of sp³-hybridized carbons (Fsp3) is 0.409. The Hall–Kier alpha value is -2.32. The second-order valence-corrected chi connectivity index (χ2v) is 11.6. The number of carbonyl (C=O) groups is 2. The smallest absolute Gasteiger partial charge is 0.280 e. The van der Waals surface area contributed by atoms with Crippen LogP contribution in [0.4, 0.5) is 15.8 Å². The molecule has 14 heteroatoms. The second-order valence-electron chi connectivity index (χ2n) is 8.67. The van der Waals surface area contributed by atoms with Gasteiger partial charge in [0.05, 0.1) is 5.02 Å². The Morgan fingerprint density at radius 2 is 1.92 bits per heavy atom. The molecule has 2 amide bonds. The molecule has 2 unspecified atom stereocenters. The molecule has 0 saturated carbocycles. The molecule has 4 rings (SSSR count). The number of aromatic nitrogens is 1. The quantitative estimate of drug-likeness (QED) is 0.451. The monoisotopic (exact) mass is 602 g/mol. The van der Waals surface area contributed by atoms with Gasteiger partial charge in [-0.1, -0.05) is 11.6 Å². The molecular weight excluding hydrogens is 579 g/mol. The van der Waals surface area contributed by atoms with Crippen molar-refractivity contribution in [3.8, 4) is 0 Å². The van der Waals surface area contributed by atoms with E-state index < -0.39 is 39.9 Å². The van der Waals surface area contributed by atoms with Gasteiger partial charge in [-0.25, -0.2) is 9.37 Å². The van der Waals surface area contributed by atoms with Crippen LogP contribution < -0.4 is 20.3 Å². The highest BCUT2D eigenvalue weighted by molar-refractivity contribution is 9.10. The van der Waals surface area contributed by atoms with Crippen LogP contribution in [-0.2, 0) is 19.8 Å². The van der Waals surface area contributed by atoms with Crippen LogP contribution >= 0.6 is 27.5 Å². The van der Waals surface area contributed by atoms with Crippen LogP contribution in [0.25, 0.3) is 0 Å². The number of likely N-dealkylation sites (N-methyl/N-ethyl adjacent to an activating group) is 1. The third-order valence-electron chi connectivity index (χ3n) is 6.29. The van der Waals surface area contributed by atoms with Gasteiger partial charge in [-0.3, -0.25) is 9.59 Å². The third-order valence-corrected chi connectivity index (χ3v) is 8.61. The molecular formula is C22H25BrClFN6O4S. The second kappa shape index (κ2) is 11.0. The van der Waals surface area contributed by atoms with E-state index in [1.165, 1.54) is 19.2 Å². The Morgan fingerprint density at radius 3 is 2.58 bits per heavy atom. The molecule has 2 fully saturated rings. The summed E-state index contributed by atoms with van der Waals surface area (Å²) in [7, 11) is -2.83. The van der Waals surface area contributed by atoms with Crippen molar-refractivity contribution in [3.05, 3.63) is 52.0 Å². The lowest BCUT2D eigenvalue weighted by Crippen LogP contribution is -2.63. The van der Waals surface area contributed by atoms with Crippen molar-refractivity contribution in [1.29, 1.82) is 0 Å². The maximum absolute atomic E-state index is 13.4. The van der Waals surface area contributed by atoms with Crippen molar-refractivity contribution in [2.45, 2.75) is 37.4 Å². The zero-order valence-corrected chi connectivity index (χ0v) is 22.4. The molecule has 1 aromatic carbocycles. The number of hydrogen-bond donors (Lipinski definition) is 3. The van der Waals surface area contributed by atoms with E-state index in [2.05, 4.69) is 41.2 Å². The van der Waals surface area contributed by atoms with Crippen molar-refractivity contribution in [2.75, 3.05) is 30.4 Å². The van der Waals surface area contributed by atoms with Gasteiger partial charge < -0.3 is 15.5 Å². The number of piperidine rings is 1. The fourth-order valence-corrected chi connectivity index (χ4v) is 6.03. The predicted octanol–water partition coefficient (Wildman–Crippen LogP) is 2.27. The predicted molar refractivity (Wildman–Crippen MR) is 137 cm³/mol. The van der Waals surface area contributed by atoms with Gasteiger partial charge in [-0.15, -0.1) is 0 Å². The van der Waals surface area contributed by atoms with Crippen molar-refractivity contribution in [3.63, 3.8) is 0 Å². The molecule has 0 spiro atoms. The van der Waals surface area contributed by atoms with Crippen LogP contribution in [0.15, 0.2) is 41.1 Å². The van der Waals surface area contributed by atoms with Gasteiger partial charge in [-0.05, 0) is 65.5 Å². The Bertz CT molecular complexity index is 1260. The average molecular weight is 604 g/mol. The number of rotatable bonds is 5. The molecule has 1 aromatic heterocycles. The standard InChI is InChI=1S/C22H25BrClFN6O4S/c1-30-19(22(33)28-14-2-3-17(25)16(24)10-14)12-18(29-36(30,34)35)21(32)27-13-5-8-31(9-6-13)15-4-7-26-20(23)11-15/h2-4,7,10-11,13,18-19,29H,5-6,8-9,12H2,1H3,(H,27,32)(H,28,33). The van der Waals surface area contributed by atoms with E-state index in [0.29, 0.717) is 25.9 Å². The first-order valence-corrected chi connectivity index (χ1v) is 13.8. The van der Waals surface area contributed by atoms with Crippen LogP contribution in [-0.4, -0.2) is 67.8 Å². The van der Waals surface area contributed by atoms with Gasteiger partial charge in [0.15, 0.2) is 0 Å². The molecule has 3 N–H and O–H groups in total. The van der Waals surface area contributed by atoms with Crippen LogP contribution in [0.2, 0.25) is 5.02 Å². The lowest BCUT2D eigenvalue weighted by Gasteiger charge is -2.37. The van der Waals surface area contributed by atoms with Gasteiger partial charge in [0, 0.05) is 43.8 Å². The molecule has 3 heterocycles. The number of halogens is 3. The Labute approximate surface area is 221 Å². The number of nitrogens with zero attached hydrogens (tertiary/aromatic N) is 3. The van der Waals surface area contributed by atoms with Crippen molar-refractivity contribution in [2.24, 2.45) is 0 Å². The molecule has 10 nitrogen and oxygen atoms in total. The van der Waals surface area contributed by atoms with Crippen LogP contribution in [0.5, 0.6) is 0 Å². The highest BCUT2D eigenvalue weighted by atomic mass is 79.9. The SMILES string of the molecule is CN1C(C(=O)Nc2ccc(F)c(Cl)c2)CC(C(=O)NC2CCN(c3ccnc(Br)c3)CC2)NS1(=O)=O. The van der Waals surface area contributed by atoms with E-state index in [1.54, 1.807) is 6.20 Å². The summed E-state index contributed by atoms with van der Waals surface area (Å²) in [5.74, 6) is -1.79. The van der Waals surface area contributed by atoms with E-state index >= 15 is 0 Å². The zero-order chi connectivity index (χ0) is 26.0. The van der Waals surface area contributed by atoms with Gasteiger partial charge in [0.2, 0.25) is 11.8 Å². The molecule has 36 heavy (non-hydrogen) atoms. The summed E-state index contributed by atoms with van der Waals surface area (Å²) in [5, 5.41) is 5.29. The zero-order valence-electron chi connectivity index (χ0n) is 19.2. The van der Waals surface area contributed by atoms with Crippen LogP contribution in [0, 0.1) is 5.82 Å². The summed E-state index contributed by atoms with van der Waals surface area (Å²) in [6.45, 7) is 1.43. The number of nitrogens with one attached hydrogen (secondary N) is 3. The van der Waals surface area contributed by atoms with Gasteiger partial charge >= 0.3 is 0 Å². The highest BCUT2D eigenvalue weighted by Gasteiger charge is 2.43. The minimum atomic E-state index is -4.09. The van der Waals surface area contributed by atoms with Crippen LogP contribution in [0.3, 0.4) is 0 Å². The molecule has 2 aliphatic rings. The minimum absolute atomic E-state index is 0.0772. The first-order chi connectivity index (χ1) is 17.0. The number of carbonyl (C=O) groups excluding carboxylic acids is 2. The molecule has 2 aliphatic heterocycles. The molecule has 2 saturated heterocycles. The normalized spacial score (nSPS) is 22.7. The van der Waals surface area contributed by atoms with E-state index in [-0.39, 0.29) is 23.2 Å². The number of pyridine rings is 1. The average Bonchev–Trinajstić information content (AvgIpc) is 2.83. The van der Waals surface area contributed by atoms with E-state index in [1.807, 2.05) is 12.1 Å². The van der Waals surface area contributed by atoms with Gasteiger partial charge in [-0.2, -0.15) is 17.4 Å². The Kier molecular flexibility index (Phi) is 8.15. The van der Waals surface area contributed by atoms with Crippen molar-refractivity contribution < 1.29 is 22.4 Å². The fourth-order valence-electron chi connectivity index (χ4n) is 4.26. The number of anilines is 2. The summed E-state index contributed by atoms with van der Waals surface area (Å²) in [4.78, 5) is 32.2. The van der Waals surface area contributed by atoms with Crippen molar-refractivity contribution >= 4 is 60.9 Å². The van der Waals surface area contributed by atoms with Gasteiger partial charge in [0.1, 0.15) is 22.5 Å². The molecule has 2 aromatic rings. The minimum Gasteiger partial charge on any atom is -0.371 e. The van der Waals surface area contributed by atoms with Crippen LogP contribution in [0.1, 0.15) is 19.3 Å². The number of hydrogen-bond acceptors (Lipinski definition) is 6. The maximum Gasteiger partial charge on any atom is 0.280 e. The molecule has 2 atom stereocenters. The first kappa shape index (κ1) is 26.7. The molecule has 0 aliphatic carbocycles. The topological polar surface area (TPSA) is 124 Å². The summed E-state index contributed by atoms with van der Waals surface area (Å²) in [6.07, 6.45) is 3.00. The Morgan fingerprint density at radius 1 is 1.19 bits per heavy atom. The summed E-state index contributed by atoms with van der Waals surface area (Å²) in [5.41, 5.74) is 1.24. The first-order valence-electron chi connectivity index (χ1n) is 11.2. The van der Waals surface area contributed by atoms with E-state index in [4.69, 9.17) is 11.6 Å². The third kappa shape index (κ3) is 6.14. The lowest BCUT2D eigenvalue weighted by molar-refractivity contribution is -0.125. The highest BCUT2D eigenvalue weighted by Crippen LogP contribution is 2.24. The summed E-state index contributed by atoms with van der Waals surface area (Å²) in [6, 6.07) is 5.09. The van der Waals surface area contributed by atoms with Crippen molar-refractivity contribution in [1.82, 2.24) is 19.3 Å². The molecule has 194 valence electrons. The lowest BCUT2D eigenvalue weighted by atomic mass is 10.0. The number of amides is 2. The summed E-state index contributed by atoms with van der Waals surface area (Å²) < 4.78 is 42.7.